The molecule has 2 aromatic carbocycles. The fourth-order valence-electron chi connectivity index (χ4n) is 2.63. The van der Waals surface area contributed by atoms with Crippen LogP contribution in [-0.2, 0) is 13.0 Å². The lowest BCUT2D eigenvalue weighted by Crippen LogP contribution is -2.27. The molecule has 3 nitrogen and oxygen atoms in total. The molecule has 0 bridgehead atoms. The zero-order valence-corrected chi connectivity index (χ0v) is 12.4. The molecule has 0 aromatic heterocycles. The lowest BCUT2D eigenvalue weighted by Gasteiger charge is -2.21. The van der Waals surface area contributed by atoms with E-state index in [1.807, 2.05) is 0 Å². The van der Waals surface area contributed by atoms with Gasteiger partial charge in [0.15, 0.2) is 0 Å². The second-order valence-electron chi connectivity index (χ2n) is 5.58. The number of fused-ring (bicyclic) bond motifs is 1. The Labute approximate surface area is 126 Å². The average molecular weight is 282 g/mol. The molecule has 0 amide bonds. The zero-order chi connectivity index (χ0) is 14.5. The van der Waals surface area contributed by atoms with Crippen molar-refractivity contribution in [2.24, 2.45) is 0 Å². The minimum Gasteiger partial charge on any atom is -0.490 e. The molecule has 0 fully saturated rings. The van der Waals surface area contributed by atoms with Crippen molar-refractivity contribution in [3.05, 3.63) is 59.7 Å². The Kier molecular flexibility index (Phi) is 4.41. The van der Waals surface area contributed by atoms with Gasteiger partial charge in [-0.15, -0.1) is 0 Å². The zero-order valence-electron chi connectivity index (χ0n) is 12.4. The van der Waals surface area contributed by atoms with Gasteiger partial charge in [0, 0.05) is 19.1 Å². The summed E-state index contributed by atoms with van der Waals surface area (Å²) in [4.78, 5) is 0. The smallest absolute Gasteiger partial charge is 0.142 e. The first-order valence-electron chi connectivity index (χ1n) is 7.58. The van der Waals surface area contributed by atoms with Crippen LogP contribution in [0.5, 0.6) is 5.75 Å². The molecule has 2 N–H and O–H groups in total. The molecule has 0 saturated carbocycles. The van der Waals surface area contributed by atoms with Crippen molar-refractivity contribution in [2.45, 2.75) is 25.9 Å². The van der Waals surface area contributed by atoms with Crippen LogP contribution in [-0.4, -0.2) is 19.2 Å². The van der Waals surface area contributed by atoms with E-state index in [9.17, 15) is 0 Å². The van der Waals surface area contributed by atoms with E-state index in [0.717, 1.165) is 37.6 Å². The van der Waals surface area contributed by atoms with Crippen molar-refractivity contribution < 1.29 is 4.74 Å². The SMILES string of the molecule is CC(Cc1ccc2c(c1)NCCO2)NCc1ccccc1. The minimum absolute atomic E-state index is 0.438. The van der Waals surface area contributed by atoms with Gasteiger partial charge in [0.2, 0.25) is 0 Å². The summed E-state index contributed by atoms with van der Waals surface area (Å²) in [6.45, 7) is 4.78. The molecule has 3 heteroatoms. The summed E-state index contributed by atoms with van der Waals surface area (Å²) >= 11 is 0. The maximum absolute atomic E-state index is 5.61. The summed E-state index contributed by atoms with van der Waals surface area (Å²) < 4.78 is 5.61. The Morgan fingerprint density at radius 2 is 2.00 bits per heavy atom. The van der Waals surface area contributed by atoms with Crippen LogP contribution < -0.4 is 15.4 Å². The lowest BCUT2D eigenvalue weighted by atomic mass is 10.1. The molecule has 1 atom stereocenters. The van der Waals surface area contributed by atoms with E-state index < -0.39 is 0 Å². The van der Waals surface area contributed by atoms with E-state index in [4.69, 9.17) is 4.74 Å². The first-order valence-corrected chi connectivity index (χ1v) is 7.58. The topological polar surface area (TPSA) is 33.3 Å². The van der Waals surface area contributed by atoms with Crippen LogP contribution in [0.1, 0.15) is 18.1 Å². The Bertz CT molecular complexity index is 583. The van der Waals surface area contributed by atoms with Crippen molar-refractivity contribution in [3.8, 4) is 5.75 Å². The molecule has 110 valence electrons. The molecule has 0 radical (unpaired) electrons. The van der Waals surface area contributed by atoms with Gasteiger partial charge in [-0.25, -0.2) is 0 Å². The highest BCUT2D eigenvalue weighted by Gasteiger charge is 2.11. The van der Waals surface area contributed by atoms with Gasteiger partial charge in [0.1, 0.15) is 12.4 Å². The Balaban J connectivity index is 1.56. The van der Waals surface area contributed by atoms with Gasteiger partial charge in [-0.2, -0.15) is 0 Å². The Morgan fingerprint density at radius 1 is 1.14 bits per heavy atom. The van der Waals surface area contributed by atoms with Crippen LogP contribution in [0.25, 0.3) is 0 Å². The summed E-state index contributed by atoms with van der Waals surface area (Å²) in [6.07, 6.45) is 1.02. The second-order valence-corrected chi connectivity index (χ2v) is 5.58. The highest BCUT2D eigenvalue weighted by atomic mass is 16.5. The molecule has 1 unspecified atom stereocenters. The second kappa shape index (κ2) is 6.64. The highest BCUT2D eigenvalue weighted by Crippen LogP contribution is 2.28. The molecule has 0 saturated heterocycles. The summed E-state index contributed by atoms with van der Waals surface area (Å²) in [5.41, 5.74) is 3.78. The van der Waals surface area contributed by atoms with Crippen LogP contribution >= 0.6 is 0 Å². The van der Waals surface area contributed by atoms with E-state index in [-0.39, 0.29) is 0 Å². The molecule has 1 aliphatic rings. The third-order valence-electron chi connectivity index (χ3n) is 3.76. The van der Waals surface area contributed by atoms with Gasteiger partial charge >= 0.3 is 0 Å². The number of hydrogen-bond acceptors (Lipinski definition) is 3. The number of hydrogen-bond donors (Lipinski definition) is 2. The maximum atomic E-state index is 5.61. The van der Waals surface area contributed by atoms with Gasteiger partial charge < -0.3 is 15.4 Å². The van der Waals surface area contributed by atoms with Crippen molar-refractivity contribution in [3.63, 3.8) is 0 Å². The predicted octanol–water partition coefficient (Wildman–Crippen LogP) is 3.21. The molecule has 1 aliphatic heterocycles. The predicted molar refractivity (Wildman–Crippen MR) is 86.9 cm³/mol. The van der Waals surface area contributed by atoms with Gasteiger partial charge in [-0.1, -0.05) is 36.4 Å². The third-order valence-corrected chi connectivity index (χ3v) is 3.76. The van der Waals surface area contributed by atoms with E-state index in [1.165, 1.54) is 11.1 Å². The number of nitrogens with one attached hydrogen (secondary N) is 2. The van der Waals surface area contributed by atoms with Crippen LogP contribution in [0.4, 0.5) is 5.69 Å². The number of benzene rings is 2. The van der Waals surface area contributed by atoms with Gasteiger partial charge in [-0.05, 0) is 36.6 Å². The van der Waals surface area contributed by atoms with Crippen molar-refractivity contribution in [2.75, 3.05) is 18.5 Å². The maximum Gasteiger partial charge on any atom is 0.142 e. The highest BCUT2D eigenvalue weighted by molar-refractivity contribution is 5.59. The summed E-state index contributed by atoms with van der Waals surface area (Å²) in [5.74, 6) is 0.967. The third kappa shape index (κ3) is 3.76. The van der Waals surface area contributed by atoms with Crippen LogP contribution in [0.15, 0.2) is 48.5 Å². The molecule has 21 heavy (non-hydrogen) atoms. The average Bonchev–Trinajstić information content (AvgIpc) is 2.54. The summed E-state index contributed by atoms with van der Waals surface area (Å²) in [6, 6.07) is 17.4. The van der Waals surface area contributed by atoms with Gasteiger partial charge in [0.25, 0.3) is 0 Å². The Morgan fingerprint density at radius 3 is 2.86 bits per heavy atom. The van der Waals surface area contributed by atoms with E-state index in [0.29, 0.717) is 6.04 Å². The molecule has 0 aliphatic carbocycles. The first-order chi connectivity index (χ1) is 10.3. The number of anilines is 1. The van der Waals surface area contributed by atoms with Crippen LogP contribution in [0.3, 0.4) is 0 Å². The fourth-order valence-corrected chi connectivity index (χ4v) is 2.63. The molecule has 0 spiro atoms. The lowest BCUT2D eigenvalue weighted by molar-refractivity contribution is 0.323. The summed E-state index contributed by atoms with van der Waals surface area (Å²) in [7, 11) is 0. The number of ether oxygens (including phenoxy) is 1. The van der Waals surface area contributed by atoms with Crippen LogP contribution in [0, 0.1) is 0 Å². The van der Waals surface area contributed by atoms with Gasteiger partial charge in [-0.3, -0.25) is 0 Å². The molecule has 2 aromatic rings. The largest absolute Gasteiger partial charge is 0.490 e. The van der Waals surface area contributed by atoms with Crippen molar-refractivity contribution in [1.82, 2.24) is 5.32 Å². The van der Waals surface area contributed by atoms with Gasteiger partial charge in [0.05, 0.1) is 5.69 Å². The van der Waals surface area contributed by atoms with E-state index in [2.05, 4.69) is 66.1 Å². The fraction of sp³-hybridized carbons (Fsp3) is 0.333. The molecule has 3 rings (SSSR count). The van der Waals surface area contributed by atoms with Crippen LogP contribution in [0.2, 0.25) is 0 Å². The van der Waals surface area contributed by atoms with E-state index in [1.54, 1.807) is 0 Å². The van der Waals surface area contributed by atoms with Crippen molar-refractivity contribution >= 4 is 5.69 Å². The minimum atomic E-state index is 0.438. The molecular weight excluding hydrogens is 260 g/mol. The van der Waals surface area contributed by atoms with E-state index >= 15 is 0 Å². The molecular formula is C18H22N2O. The Hall–Kier alpha value is -2.00. The monoisotopic (exact) mass is 282 g/mol. The number of rotatable bonds is 5. The normalized spacial score (nSPS) is 14.7. The standard InChI is InChI=1S/C18H22N2O/c1-14(20-13-15-5-3-2-4-6-15)11-16-7-8-18-17(12-16)19-9-10-21-18/h2-8,12,14,19-20H,9-11,13H2,1H3. The first kappa shape index (κ1) is 14.0. The molecule has 1 heterocycles. The van der Waals surface area contributed by atoms with Crippen molar-refractivity contribution in [1.29, 1.82) is 0 Å². The summed E-state index contributed by atoms with van der Waals surface area (Å²) in [5, 5.41) is 6.96. The quantitative estimate of drug-likeness (QED) is 0.883.